The molecule has 1 aliphatic carbocycles. The summed E-state index contributed by atoms with van der Waals surface area (Å²) in [5.41, 5.74) is -3.54. The second-order valence-electron chi connectivity index (χ2n) is 7.60. The second-order valence-corrected chi connectivity index (χ2v) is 7.60. The van der Waals surface area contributed by atoms with Gasteiger partial charge in [0.15, 0.2) is 11.2 Å². The molecule has 0 amide bonds. The molecule has 1 aliphatic rings. The summed E-state index contributed by atoms with van der Waals surface area (Å²) in [6.07, 6.45) is 3.40. The number of aliphatic hydroxyl groups excluding tert-OH is 2. The molecule has 0 bridgehead atoms. The summed E-state index contributed by atoms with van der Waals surface area (Å²) in [5.74, 6) is -0.328. The zero-order valence-corrected chi connectivity index (χ0v) is 18.1. The maximum atomic E-state index is 13.0. The maximum Gasteiger partial charge on any atom is 0.202 e. The van der Waals surface area contributed by atoms with Gasteiger partial charge in [0.25, 0.3) is 0 Å². The molecule has 0 radical (unpaired) electrons. The zero-order chi connectivity index (χ0) is 24.1. The van der Waals surface area contributed by atoms with E-state index in [0.29, 0.717) is 11.5 Å². The Kier molecular flexibility index (Phi) is 7.45. The number of rotatable bonds is 10. The summed E-state index contributed by atoms with van der Waals surface area (Å²) in [5, 5.41) is 39.6. The van der Waals surface area contributed by atoms with Gasteiger partial charge in [-0.15, -0.1) is 0 Å². The standard InChI is InChI=1S/C25H26O8/c1-17-16-24(30,22(28)18-2-6-20(7-3-18)32-14-12-26)10-11-25(17,31)23(29)19-4-8-21(9-5-19)33-15-13-27/h2-11,16,26-27,30-31H,12-15H2,1H3. The highest BCUT2D eigenvalue weighted by Crippen LogP contribution is 2.33. The predicted octanol–water partition coefficient (Wildman–Crippen LogP) is 1.47. The minimum Gasteiger partial charge on any atom is -0.491 e. The minimum absolute atomic E-state index is 0.106. The van der Waals surface area contributed by atoms with E-state index in [4.69, 9.17) is 19.7 Å². The van der Waals surface area contributed by atoms with Gasteiger partial charge in [-0.25, -0.2) is 0 Å². The highest BCUT2D eigenvalue weighted by atomic mass is 16.5. The first-order valence-electron chi connectivity index (χ1n) is 10.4. The Morgan fingerprint density at radius 1 is 0.758 bits per heavy atom. The van der Waals surface area contributed by atoms with E-state index < -0.39 is 22.8 Å². The van der Waals surface area contributed by atoms with Gasteiger partial charge in [0.2, 0.25) is 11.6 Å². The molecular formula is C25H26O8. The smallest absolute Gasteiger partial charge is 0.202 e. The molecule has 0 heterocycles. The van der Waals surface area contributed by atoms with E-state index in [-0.39, 0.29) is 43.1 Å². The molecule has 8 heteroatoms. The van der Waals surface area contributed by atoms with Crippen molar-refractivity contribution in [2.75, 3.05) is 26.4 Å². The van der Waals surface area contributed by atoms with Crippen LogP contribution < -0.4 is 9.47 Å². The van der Waals surface area contributed by atoms with Crippen molar-refractivity contribution in [3.63, 3.8) is 0 Å². The van der Waals surface area contributed by atoms with Crippen LogP contribution in [0.1, 0.15) is 27.6 Å². The lowest BCUT2D eigenvalue weighted by molar-refractivity contribution is 0.0547. The van der Waals surface area contributed by atoms with Crippen molar-refractivity contribution in [1.82, 2.24) is 0 Å². The van der Waals surface area contributed by atoms with Gasteiger partial charge in [0.1, 0.15) is 24.7 Å². The van der Waals surface area contributed by atoms with Crippen molar-refractivity contribution in [2.45, 2.75) is 18.1 Å². The molecular weight excluding hydrogens is 428 g/mol. The molecule has 2 unspecified atom stereocenters. The number of ketones is 2. The van der Waals surface area contributed by atoms with Crippen LogP contribution in [-0.2, 0) is 0 Å². The molecule has 0 aromatic heterocycles. The van der Waals surface area contributed by atoms with E-state index in [1.165, 1.54) is 37.3 Å². The highest BCUT2D eigenvalue weighted by molar-refractivity contribution is 6.09. The SMILES string of the molecule is CC1=CC(O)(C(=O)c2ccc(OCCO)cc2)C=CC1(O)C(=O)c1ccc(OCCO)cc1. The first-order chi connectivity index (χ1) is 15.7. The van der Waals surface area contributed by atoms with Crippen LogP contribution in [0.5, 0.6) is 11.5 Å². The molecule has 4 N–H and O–H groups in total. The van der Waals surface area contributed by atoms with Gasteiger partial charge in [0.05, 0.1) is 13.2 Å². The van der Waals surface area contributed by atoms with E-state index in [1.807, 2.05) is 0 Å². The van der Waals surface area contributed by atoms with Crippen LogP contribution in [-0.4, -0.2) is 69.6 Å². The Bertz CT molecular complexity index is 1050. The largest absolute Gasteiger partial charge is 0.491 e. The first-order valence-corrected chi connectivity index (χ1v) is 10.4. The number of carbonyl (C=O) groups excluding carboxylic acids is 2. The topological polar surface area (TPSA) is 134 Å². The Morgan fingerprint density at radius 2 is 1.21 bits per heavy atom. The molecule has 0 spiro atoms. The van der Waals surface area contributed by atoms with E-state index in [9.17, 15) is 19.8 Å². The van der Waals surface area contributed by atoms with Crippen molar-refractivity contribution in [1.29, 1.82) is 0 Å². The van der Waals surface area contributed by atoms with Crippen molar-refractivity contribution in [3.8, 4) is 11.5 Å². The Labute approximate surface area is 191 Å². The summed E-state index contributed by atoms with van der Waals surface area (Å²) < 4.78 is 10.5. The van der Waals surface area contributed by atoms with Crippen LogP contribution in [0.15, 0.2) is 72.3 Å². The average molecular weight is 454 g/mol. The van der Waals surface area contributed by atoms with Crippen LogP contribution in [0.3, 0.4) is 0 Å². The Hall–Kier alpha value is -3.30. The lowest BCUT2D eigenvalue weighted by atomic mass is 9.77. The molecule has 8 nitrogen and oxygen atoms in total. The summed E-state index contributed by atoms with van der Waals surface area (Å²) in [4.78, 5) is 26.0. The summed E-state index contributed by atoms with van der Waals surface area (Å²) in [7, 11) is 0. The number of Topliss-reactive ketones (excluding diaryl/α,β-unsaturated/α-hetero) is 2. The maximum absolute atomic E-state index is 13.0. The van der Waals surface area contributed by atoms with Gasteiger partial charge in [0, 0.05) is 11.1 Å². The van der Waals surface area contributed by atoms with Crippen molar-refractivity contribution >= 4 is 11.6 Å². The lowest BCUT2D eigenvalue weighted by Crippen LogP contribution is -2.45. The van der Waals surface area contributed by atoms with Crippen molar-refractivity contribution in [2.24, 2.45) is 0 Å². The average Bonchev–Trinajstić information content (AvgIpc) is 2.83. The van der Waals surface area contributed by atoms with Gasteiger partial charge in [-0.05, 0) is 79.3 Å². The molecule has 0 aliphatic heterocycles. The molecule has 2 aromatic rings. The van der Waals surface area contributed by atoms with Gasteiger partial charge < -0.3 is 29.9 Å². The van der Waals surface area contributed by atoms with E-state index in [0.717, 1.165) is 12.2 Å². The van der Waals surface area contributed by atoms with E-state index in [2.05, 4.69) is 0 Å². The quantitative estimate of drug-likeness (QED) is 0.313. The number of carbonyl (C=O) groups is 2. The number of benzene rings is 2. The molecule has 0 saturated heterocycles. The number of hydrogen-bond donors (Lipinski definition) is 4. The molecule has 33 heavy (non-hydrogen) atoms. The van der Waals surface area contributed by atoms with Gasteiger partial charge in [-0.2, -0.15) is 0 Å². The third kappa shape index (κ3) is 5.20. The van der Waals surface area contributed by atoms with Crippen LogP contribution in [0.2, 0.25) is 0 Å². The zero-order valence-electron chi connectivity index (χ0n) is 18.1. The van der Waals surface area contributed by atoms with Gasteiger partial charge >= 0.3 is 0 Å². The summed E-state index contributed by atoms with van der Waals surface area (Å²) >= 11 is 0. The Balaban J connectivity index is 1.78. The van der Waals surface area contributed by atoms with Crippen LogP contribution in [0.4, 0.5) is 0 Å². The lowest BCUT2D eigenvalue weighted by Gasteiger charge is -2.32. The Morgan fingerprint density at radius 3 is 1.64 bits per heavy atom. The van der Waals surface area contributed by atoms with Gasteiger partial charge in [-0.1, -0.05) is 0 Å². The van der Waals surface area contributed by atoms with Crippen LogP contribution >= 0.6 is 0 Å². The fraction of sp³-hybridized carbons (Fsp3) is 0.280. The third-order valence-electron chi connectivity index (χ3n) is 5.28. The third-order valence-corrected chi connectivity index (χ3v) is 5.28. The number of hydrogen-bond acceptors (Lipinski definition) is 8. The normalized spacial score (nSPS) is 21.9. The molecule has 3 rings (SSSR count). The predicted molar refractivity (Wildman–Crippen MR) is 120 cm³/mol. The minimum atomic E-state index is -2.04. The highest BCUT2D eigenvalue weighted by Gasteiger charge is 2.44. The van der Waals surface area contributed by atoms with E-state index >= 15 is 0 Å². The summed E-state index contributed by atoms with van der Waals surface area (Å²) in [6.45, 7) is 1.42. The monoisotopic (exact) mass is 454 g/mol. The fourth-order valence-corrected chi connectivity index (χ4v) is 3.45. The van der Waals surface area contributed by atoms with Crippen molar-refractivity contribution < 1.29 is 39.5 Å². The number of aliphatic hydroxyl groups is 4. The van der Waals surface area contributed by atoms with Crippen LogP contribution in [0.25, 0.3) is 0 Å². The summed E-state index contributed by atoms with van der Waals surface area (Å²) in [6, 6.07) is 12.1. The van der Waals surface area contributed by atoms with Crippen molar-refractivity contribution in [3.05, 3.63) is 83.5 Å². The van der Waals surface area contributed by atoms with E-state index in [1.54, 1.807) is 24.3 Å². The molecule has 0 saturated carbocycles. The fourth-order valence-electron chi connectivity index (χ4n) is 3.45. The second kappa shape index (κ2) is 10.1. The molecule has 174 valence electrons. The molecule has 2 aromatic carbocycles. The van der Waals surface area contributed by atoms with Crippen LogP contribution in [0, 0.1) is 0 Å². The number of ether oxygens (including phenoxy) is 2. The molecule has 0 fully saturated rings. The molecule has 2 atom stereocenters. The van der Waals surface area contributed by atoms with Gasteiger partial charge in [-0.3, -0.25) is 9.59 Å². The first kappa shape index (κ1) is 24.3.